The summed E-state index contributed by atoms with van der Waals surface area (Å²) < 4.78 is 0. The van der Waals surface area contributed by atoms with E-state index in [0.717, 1.165) is 18.2 Å². The molecule has 0 saturated carbocycles. The van der Waals surface area contributed by atoms with Crippen molar-refractivity contribution in [1.29, 1.82) is 0 Å². The Morgan fingerprint density at radius 3 is 2.84 bits per heavy atom. The fourth-order valence-electron chi connectivity index (χ4n) is 2.81. The Balaban J connectivity index is 2.27. The highest BCUT2D eigenvalue weighted by Gasteiger charge is 2.23. The molecule has 1 aliphatic rings. The Morgan fingerprint density at radius 2 is 2.16 bits per heavy atom. The minimum absolute atomic E-state index is 0.316. The Bertz CT molecular complexity index is 415. The maximum absolute atomic E-state index is 5.95. The van der Waals surface area contributed by atoms with Gasteiger partial charge in [0.2, 0.25) is 0 Å². The molecule has 0 bridgehead atoms. The maximum Gasteiger partial charge on any atom is 0.135 e. The first kappa shape index (κ1) is 14.1. The van der Waals surface area contributed by atoms with Crippen LogP contribution in [0.4, 0.5) is 11.6 Å². The molecule has 1 unspecified atom stereocenters. The normalized spacial score (nSPS) is 20.0. The monoisotopic (exact) mass is 262 g/mol. The van der Waals surface area contributed by atoms with Gasteiger partial charge in [-0.25, -0.2) is 9.97 Å². The van der Waals surface area contributed by atoms with Crippen LogP contribution in [-0.2, 0) is 0 Å². The van der Waals surface area contributed by atoms with Crippen molar-refractivity contribution in [3.63, 3.8) is 0 Å². The van der Waals surface area contributed by atoms with E-state index >= 15 is 0 Å². The fourth-order valence-corrected chi connectivity index (χ4v) is 2.81. The maximum atomic E-state index is 5.95. The fraction of sp³-hybridized carbons (Fsp3) is 0.733. The van der Waals surface area contributed by atoms with Gasteiger partial charge in [-0.1, -0.05) is 27.2 Å². The van der Waals surface area contributed by atoms with Crippen molar-refractivity contribution in [2.24, 2.45) is 0 Å². The summed E-state index contributed by atoms with van der Waals surface area (Å²) in [6.07, 6.45) is 6.31. The molecule has 4 nitrogen and oxygen atoms in total. The largest absolute Gasteiger partial charge is 0.384 e. The number of aromatic nitrogens is 2. The third kappa shape index (κ3) is 3.37. The first-order valence-corrected chi connectivity index (χ1v) is 7.53. The van der Waals surface area contributed by atoms with Crippen molar-refractivity contribution in [3.05, 3.63) is 11.9 Å². The molecule has 2 N–H and O–H groups in total. The van der Waals surface area contributed by atoms with Crippen molar-refractivity contribution in [2.45, 2.75) is 64.8 Å². The van der Waals surface area contributed by atoms with Crippen molar-refractivity contribution in [2.75, 3.05) is 17.2 Å². The summed E-state index contributed by atoms with van der Waals surface area (Å²) in [4.78, 5) is 11.5. The molecule has 1 saturated heterocycles. The third-order valence-corrected chi connectivity index (χ3v) is 3.81. The van der Waals surface area contributed by atoms with Crippen LogP contribution >= 0.6 is 0 Å². The summed E-state index contributed by atoms with van der Waals surface area (Å²) >= 11 is 0. The van der Waals surface area contributed by atoms with Gasteiger partial charge in [-0.2, -0.15) is 0 Å². The van der Waals surface area contributed by atoms with E-state index in [1.165, 1.54) is 32.1 Å². The summed E-state index contributed by atoms with van der Waals surface area (Å²) in [5, 5.41) is 0. The average molecular weight is 262 g/mol. The van der Waals surface area contributed by atoms with Crippen LogP contribution in [0, 0.1) is 0 Å². The first-order chi connectivity index (χ1) is 9.11. The van der Waals surface area contributed by atoms with Crippen LogP contribution in [-0.4, -0.2) is 22.6 Å². The minimum atomic E-state index is 0.316. The molecule has 1 aromatic rings. The molecule has 0 radical (unpaired) electrons. The van der Waals surface area contributed by atoms with Crippen LogP contribution in [0.25, 0.3) is 0 Å². The molecule has 2 rings (SSSR count). The molecule has 106 valence electrons. The van der Waals surface area contributed by atoms with E-state index in [9.17, 15) is 0 Å². The van der Waals surface area contributed by atoms with Crippen LogP contribution in [0.5, 0.6) is 0 Å². The number of anilines is 2. The van der Waals surface area contributed by atoms with Gasteiger partial charge >= 0.3 is 0 Å². The number of hydrogen-bond acceptors (Lipinski definition) is 4. The SMILES string of the molecule is CCCC1CCCCN1c1cc(N)nc(C(C)C)n1. The zero-order valence-electron chi connectivity index (χ0n) is 12.4. The number of hydrogen-bond donors (Lipinski definition) is 1. The molecule has 1 fully saturated rings. The molecule has 0 aliphatic carbocycles. The lowest BCUT2D eigenvalue weighted by molar-refractivity contribution is 0.431. The lowest BCUT2D eigenvalue weighted by Gasteiger charge is -2.37. The number of piperidine rings is 1. The molecule has 4 heteroatoms. The summed E-state index contributed by atoms with van der Waals surface area (Å²) in [5.74, 6) is 2.79. The van der Waals surface area contributed by atoms with Gasteiger partial charge in [-0.15, -0.1) is 0 Å². The number of rotatable bonds is 4. The van der Waals surface area contributed by atoms with Gasteiger partial charge in [0.1, 0.15) is 17.5 Å². The predicted octanol–water partition coefficient (Wildman–Crippen LogP) is 3.34. The highest BCUT2D eigenvalue weighted by atomic mass is 15.2. The smallest absolute Gasteiger partial charge is 0.135 e. The van der Waals surface area contributed by atoms with E-state index in [-0.39, 0.29) is 0 Å². The Kier molecular flexibility index (Phi) is 4.61. The van der Waals surface area contributed by atoms with Crippen LogP contribution in [0.3, 0.4) is 0 Å². The molecule has 1 aliphatic heterocycles. The van der Waals surface area contributed by atoms with Gasteiger partial charge < -0.3 is 10.6 Å². The van der Waals surface area contributed by atoms with Gasteiger partial charge in [0, 0.05) is 24.6 Å². The van der Waals surface area contributed by atoms with Crippen molar-refractivity contribution in [1.82, 2.24) is 9.97 Å². The standard InChI is InChI=1S/C15H26N4/c1-4-7-12-8-5-6-9-19(12)14-10-13(16)17-15(18-14)11(2)3/h10-12H,4-9H2,1-3H3,(H2,16,17,18). The van der Waals surface area contributed by atoms with Crippen molar-refractivity contribution < 1.29 is 0 Å². The molecular weight excluding hydrogens is 236 g/mol. The van der Waals surface area contributed by atoms with E-state index in [0.29, 0.717) is 17.8 Å². The average Bonchev–Trinajstić information content (AvgIpc) is 2.39. The van der Waals surface area contributed by atoms with E-state index in [1.807, 2.05) is 6.07 Å². The number of nitrogen functional groups attached to an aromatic ring is 1. The predicted molar refractivity (Wildman–Crippen MR) is 80.4 cm³/mol. The van der Waals surface area contributed by atoms with Gasteiger partial charge in [0.25, 0.3) is 0 Å². The number of nitrogens with two attached hydrogens (primary N) is 1. The van der Waals surface area contributed by atoms with E-state index in [2.05, 4.69) is 30.7 Å². The van der Waals surface area contributed by atoms with E-state index < -0.39 is 0 Å². The van der Waals surface area contributed by atoms with Crippen LogP contribution < -0.4 is 10.6 Å². The second-order valence-corrected chi connectivity index (χ2v) is 5.80. The van der Waals surface area contributed by atoms with Crippen molar-refractivity contribution in [3.8, 4) is 0 Å². The molecule has 0 spiro atoms. The summed E-state index contributed by atoms with van der Waals surface area (Å²) in [6.45, 7) is 7.57. The van der Waals surface area contributed by atoms with Crippen molar-refractivity contribution >= 4 is 11.6 Å². The zero-order valence-corrected chi connectivity index (χ0v) is 12.4. The second kappa shape index (κ2) is 6.22. The first-order valence-electron chi connectivity index (χ1n) is 7.53. The van der Waals surface area contributed by atoms with Gasteiger partial charge in [-0.3, -0.25) is 0 Å². The molecule has 0 amide bonds. The quantitative estimate of drug-likeness (QED) is 0.904. The summed E-state index contributed by atoms with van der Waals surface area (Å²) in [5.41, 5.74) is 5.95. The van der Waals surface area contributed by atoms with Crippen LogP contribution in [0.1, 0.15) is 64.6 Å². The lowest BCUT2D eigenvalue weighted by Crippen LogP contribution is -2.40. The van der Waals surface area contributed by atoms with Crippen LogP contribution in [0.15, 0.2) is 6.07 Å². The van der Waals surface area contributed by atoms with Gasteiger partial charge in [0.15, 0.2) is 0 Å². The summed E-state index contributed by atoms with van der Waals surface area (Å²) in [6, 6.07) is 2.55. The topological polar surface area (TPSA) is 55.0 Å². The number of nitrogens with zero attached hydrogens (tertiary/aromatic N) is 3. The van der Waals surface area contributed by atoms with Gasteiger partial charge in [0.05, 0.1) is 0 Å². The second-order valence-electron chi connectivity index (χ2n) is 5.80. The van der Waals surface area contributed by atoms with Crippen LogP contribution in [0.2, 0.25) is 0 Å². The van der Waals surface area contributed by atoms with E-state index in [4.69, 9.17) is 10.7 Å². The summed E-state index contributed by atoms with van der Waals surface area (Å²) in [7, 11) is 0. The lowest BCUT2D eigenvalue weighted by atomic mass is 9.98. The van der Waals surface area contributed by atoms with Gasteiger partial charge in [-0.05, 0) is 25.7 Å². The molecule has 2 heterocycles. The third-order valence-electron chi connectivity index (χ3n) is 3.81. The minimum Gasteiger partial charge on any atom is -0.384 e. The van der Waals surface area contributed by atoms with E-state index in [1.54, 1.807) is 0 Å². The molecule has 1 atom stereocenters. The molecule has 1 aromatic heterocycles. The Hall–Kier alpha value is -1.32. The molecule has 0 aromatic carbocycles. The highest BCUT2D eigenvalue weighted by Crippen LogP contribution is 2.27. The molecular formula is C15H26N4. The zero-order chi connectivity index (χ0) is 13.8. The highest BCUT2D eigenvalue weighted by molar-refractivity contribution is 5.48. The Morgan fingerprint density at radius 1 is 1.37 bits per heavy atom. The molecule has 19 heavy (non-hydrogen) atoms. The Labute approximate surface area is 116 Å².